The van der Waals surface area contributed by atoms with Crippen LogP contribution in [0.2, 0.25) is 0 Å². The average molecular weight is 441 g/mol. The highest BCUT2D eigenvalue weighted by Gasteiger charge is 2.06. The summed E-state index contributed by atoms with van der Waals surface area (Å²) >= 11 is 0. The summed E-state index contributed by atoms with van der Waals surface area (Å²) in [6, 6.07) is 5.80. The molecule has 1 rings (SSSR count). The van der Waals surface area contributed by atoms with Gasteiger partial charge in [0.2, 0.25) is 0 Å². The minimum atomic E-state index is 0.0532. The van der Waals surface area contributed by atoms with Crippen molar-refractivity contribution in [3.63, 3.8) is 0 Å². The first-order valence-corrected chi connectivity index (χ1v) is 9.88. The van der Waals surface area contributed by atoms with Gasteiger partial charge >= 0.3 is 6.03 Å². The fourth-order valence-electron chi connectivity index (χ4n) is 1.68. The number of amides is 2. The zero-order valence-electron chi connectivity index (χ0n) is 21.2. The van der Waals surface area contributed by atoms with Gasteiger partial charge in [-0.15, -0.1) is 0 Å². The fraction of sp³-hybridized carbons (Fsp3) is 0.600. The lowest BCUT2D eigenvalue weighted by atomic mass is 10.5. The maximum absolute atomic E-state index is 10.9. The number of nitrogens with zero attached hydrogens (tertiary/aromatic N) is 5. The second-order valence-corrected chi connectivity index (χ2v) is 5.80. The summed E-state index contributed by atoms with van der Waals surface area (Å²) < 4.78 is 0. The highest BCUT2D eigenvalue weighted by atomic mass is 16.2. The van der Waals surface area contributed by atoms with Crippen molar-refractivity contribution in [3.05, 3.63) is 24.4 Å². The molecule has 1 aromatic heterocycles. The Balaban J connectivity index is -0.000000339. The number of rotatable bonds is 2. The maximum Gasteiger partial charge on any atom is 0.319 e. The monoisotopic (exact) mass is 440 g/mol. The number of aliphatic imine (C=N–C) groups is 2. The van der Waals surface area contributed by atoms with E-state index in [2.05, 4.69) is 41.6 Å². The molecule has 0 aliphatic heterocycles. The molecule has 2 amide bonds. The lowest BCUT2D eigenvalue weighted by Gasteiger charge is -2.19. The van der Waals surface area contributed by atoms with Crippen LogP contribution in [0.4, 0.5) is 10.6 Å². The minimum Gasteiger partial charge on any atom is -0.373 e. The molecular formula is C20H44N10O. The molecule has 180 valence electrons. The topological polar surface area (TPSA) is 121 Å². The van der Waals surface area contributed by atoms with Crippen molar-refractivity contribution in [3.8, 4) is 0 Å². The number of nitrogens with one attached hydrogen (secondary N) is 5. The van der Waals surface area contributed by atoms with Crippen LogP contribution >= 0.6 is 0 Å². The molecule has 5 N–H and O–H groups in total. The summed E-state index contributed by atoms with van der Waals surface area (Å²) in [7, 11) is 17.8. The summed E-state index contributed by atoms with van der Waals surface area (Å²) in [5.41, 5.74) is 0. The second kappa shape index (κ2) is 23.0. The largest absolute Gasteiger partial charge is 0.373 e. The number of hydrogen-bond acceptors (Lipinski definition) is 5. The predicted molar refractivity (Wildman–Crippen MR) is 134 cm³/mol. The fourth-order valence-corrected chi connectivity index (χ4v) is 1.68. The van der Waals surface area contributed by atoms with Crippen LogP contribution < -0.4 is 26.6 Å². The summed E-state index contributed by atoms with van der Waals surface area (Å²) in [6.07, 6.45) is 1.76. The van der Waals surface area contributed by atoms with Crippen molar-refractivity contribution < 1.29 is 4.79 Å². The normalized spacial score (nSPS) is 8.10. The first kappa shape index (κ1) is 32.4. The van der Waals surface area contributed by atoms with Gasteiger partial charge in [-0.05, 0) is 19.1 Å². The lowest BCUT2D eigenvalue weighted by molar-refractivity contribution is 0.184. The molecule has 0 aliphatic carbocycles. The molecule has 1 aromatic rings. The van der Waals surface area contributed by atoms with Crippen LogP contribution in [0.25, 0.3) is 0 Å². The van der Waals surface area contributed by atoms with Gasteiger partial charge in [0.1, 0.15) is 5.82 Å². The van der Waals surface area contributed by atoms with Crippen molar-refractivity contribution in [1.82, 2.24) is 36.1 Å². The van der Waals surface area contributed by atoms with E-state index in [0.717, 1.165) is 24.3 Å². The van der Waals surface area contributed by atoms with Crippen LogP contribution in [-0.2, 0) is 0 Å². The van der Waals surface area contributed by atoms with E-state index in [-0.39, 0.29) is 6.03 Å². The van der Waals surface area contributed by atoms with E-state index in [0.29, 0.717) is 0 Å². The molecule has 0 saturated carbocycles. The highest BCUT2D eigenvalue weighted by Crippen LogP contribution is 1.95. The molecule has 0 bridgehead atoms. The van der Waals surface area contributed by atoms with Crippen molar-refractivity contribution in [2.24, 2.45) is 9.98 Å². The predicted octanol–water partition coefficient (Wildman–Crippen LogP) is 0.565. The molecule has 11 heteroatoms. The second-order valence-electron chi connectivity index (χ2n) is 5.80. The molecule has 0 atom stereocenters. The number of hydrogen-bond donors (Lipinski definition) is 5. The number of pyridine rings is 1. The molecule has 1 heterocycles. The number of carbonyl (C=O) groups excluding carboxylic acids is 1. The summed E-state index contributed by atoms with van der Waals surface area (Å²) in [5, 5.41) is 14.3. The highest BCUT2D eigenvalue weighted by molar-refractivity contribution is 5.79. The molecular weight excluding hydrogens is 396 g/mol. The Kier molecular flexibility index (Phi) is 24.1. The Morgan fingerprint density at radius 3 is 1.48 bits per heavy atom. The van der Waals surface area contributed by atoms with E-state index in [1.807, 2.05) is 60.4 Å². The molecule has 0 spiro atoms. The van der Waals surface area contributed by atoms with E-state index in [4.69, 9.17) is 0 Å². The van der Waals surface area contributed by atoms with Gasteiger partial charge in [0.15, 0.2) is 11.9 Å². The summed E-state index contributed by atoms with van der Waals surface area (Å²) in [4.78, 5) is 25.8. The van der Waals surface area contributed by atoms with Crippen LogP contribution in [-0.4, -0.2) is 110 Å². The Labute approximate surface area is 188 Å². The van der Waals surface area contributed by atoms with Crippen LogP contribution in [0, 0.1) is 0 Å². The molecule has 0 aromatic carbocycles. The van der Waals surface area contributed by atoms with Crippen molar-refractivity contribution in [2.45, 2.75) is 6.92 Å². The summed E-state index contributed by atoms with van der Waals surface area (Å²) in [6.45, 7) is 2.71. The Hall–Kier alpha value is -3.24. The van der Waals surface area contributed by atoms with Gasteiger partial charge in [0, 0.05) is 83.2 Å². The molecule has 31 heavy (non-hydrogen) atoms. The third-order valence-corrected chi connectivity index (χ3v) is 3.50. The number of carbonyl (C=O) groups is 1. The number of urea groups is 1. The van der Waals surface area contributed by atoms with Crippen LogP contribution in [0.15, 0.2) is 34.4 Å². The SMILES string of the molecule is CCN(C)C(=O)N(C)C.CN=C(NC)NC.CN=C(NC)NC.CNc1ccccn1. The first-order valence-electron chi connectivity index (χ1n) is 9.88. The van der Waals surface area contributed by atoms with Gasteiger partial charge in [-0.1, -0.05) is 6.07 Å². The van der Waals surface area contributed by atoms with Gasteiger partial charge in [-0.25, -0.2) is 9.78 Å². The van der Waals surface area contributed by atoms with E-state index in [1.54, 1.807) is 51.2 Å². The summed E-state index contributed by atoms with van der Waals surface area (Å²) in [5.74, 6) is 2.52. The minimum absolute atomic E-state index is 0.0532. The molecule has 0 fully saturated rings. The third kappa shape index (κ3) is 19.8. The molecule has 0 aliphatic rings. The Bertz CT molecular complexity index is 559. The molecule has 0 saturated heterocycles. The van der Waals surface area contributed by atoms with Gasteiger partial charge in [-0.3, -0.25) is 9.98 Å². The Morgan fingerprint density at radius 1 is 0.903 bits per heavy atom. The lowest BCUT2D eigenvalue weighted by Crippen LogP contribution is -2.35. The molecule has 0 unspecified atom stereocenters. The van der Waals surface area contributed by atoms with Crippen LogP contribution in [0.5, 0.6) is 0 Å². The van der Waals surface area contributed by atoms with Crippen LogP contribution in [0.3, 0.4) is 0 Å². The number of guanidine groups is 2. The smallest absolute Gasteiger partial charge is 0.319 e. The average Bonchev–Trinajstić information content (AvgIpc) is 2.82. The maximum atomic E-state index is 10.9. The van der Waals surface area contributed by atoms with Crippen LogP contribution in [0.1, 0.15) is 6.92 Å². The quantitative estimate of drug-likeness (QED) is 0.337. The standard InChI is InChI=1S/C6H14N2O.C6H8N2.2C4H11N3/c1-5-8(4)6(9)7(2)3;1-7-6-4-2-3-5-8-6;2*1-5-4(6-2)7-3/h5H2,1-4H3;2-5H,1H3,(H,7,8);2*1-3H3,(H2,5,6,7). The van der Waals surface area contributed by atoms with E-state index in [9.17, 15) is 4.79 Å². The van der Waals surface area contributed by atoms with E-state index in [1.165, 1.54) is 0 Å². The van der Waals surface area contributed by atoms with Gasteiger partial charge in [-0.2, -0.15) is 0 Å². The van der Waals surface area contributed by atoms with Gasteiger partial charge in [0.05, 0.1) is 0 Å². The van der Waals surface area contributed by atoms with Gasteiger partial charge < -0.3 is 36.4 Å². The van der Waals surface area contributed by atoms with E-state index < -0.39 is 0 Å². The van der Waals surface area contributed by atoms with E-state index >= 15 is 0 Å². The number of aromatic nitrogens is 1. The zero-order valence-corrected chi connectivity index (χ0v) is 21.2. The van der Waals surface area contributed by atoms with Crippen molar-refractivity contribution in [2.75, 3.05) is 82.3 Å². The van der Waals surface area contributed by atoms with Crippen molar-refractivity contribution >= 4 is 23.8 Å². The van der Waals surface area contributed by atoms with Gasteiger partial charge in [0.25, 0.3) is 0 Å². The van der Waals surface area contributed by atoms with Crippen molar-refractivity contribution in [1.29, 1.82) is 0 Å². The first-order chi connectivity index (χ1) is 14.7. The molecule has 11 nitrogen and oxygen atoms in total. The zero-order chi connectivity index (χ0) is 24.7. The Morgan fingerprint density at radius 2 is 1.35 bits per heavy atom. The molecule has 0 radical (unpaired) electrons. The third-order valence-electron chi connectivity index (χ3n) is 3.50. The number of anilines is 1.